The minimum atomic E-state index is -4.93. The molecular formula is C23H23F3N4O3. The average Bonchev–Trinajstić information content (AvgIpc) is 3.21. The molecule has 1 unspecified atom stereocenters. The molecule has 0 saturated heterocycles. The first-order valence-electron chi connectivity index (χ1n) is 10.1. The van der Waals surface area contributed by atoms with E-state index < -0.39 is 35.4 Å². The van der Waals surface area contributed by atoms with E-state index in [1.54, 1.807) is 11.8 Å². The number of carbonyl (C=O) groups is 2. The molecule has 1 aliphatic heterocycles. The number of nitrogens with one attached hydrogen (secondary N) is 1. The third-order valence-electron chi connectivity index (χ3n) is 5.18. The molecule has 33 heavy (non-hydrogen) atoms. The molecule has 0 radical (unpaired) electrons. The molecule has 10 heteroatoms. The molecule has 0 fully saturated rings. The molecule has 0 spiro atoms. The summed E-state index contributed by atoms with van der Waals surface area (Å²) in [5.41, 5.74) is 4.59. The number of aliphatic imine (C=N–C) groups is 1. The van der Waals surface area contributed by atoms with E-state index in [2.05, 4.69) is 10.3 Å². The Morgan fingerprint density at radius 1 is 1.15 bits per heavy atom. The van der Waals surface area contributed by atoms with Crippen LogP contribution in [0.3, 0.4) is 0 Å². The van der Waals surface area contributed by atoms with Gasteiger partial charge >= 0.3 is 12.1 Å². The number of nitrogens with zero attached hydrogens (tertiary/aromatic N) is 2. The Hall–Kier alpha value is -3.82. The maximum atomic E-state index is 13.6. The zero-order valence-corrected chi connectivity index (χ0v) is 17.8. The second kappa shape index (κ2) is 9.76. The zero-order chi connectivity index (χ0) is 24.2. The summed E-state index contributed by atoms with van der Waals surface area (Å²) >= 11 is 0. The molecular weight excluding hydrogens is 437 g/mol. The Kier molecular flexibility index (Phi) is 7.05. The van der Waals surface area contributed by atoms with Gasteiger partial charge in [0.15, 0.2) is 0 Å². The molecule has 7 nitrogen and oxygen atoms in total. The largest absolute Gasteiger partial charge is 0.478 e. The number of amidine groups is 1. The van der Waals surface area contributed by atoms with E-state index >= 15 is 0 Å². The van der Waals surface area contributed by atoms with Gasteiger partial charge in [0, 0.05) is 13.1 Å². The molecule has 2 aromatic carbocycles. The minimum Gasteiger partial charge on any atom is -0.478 e. The zero-order valence-electron chi connectivity index (χ0n) is 17.8. The quantitative estimate of drug-likeness (QED) is 0.550. The maximum absolute atomic E-state index is 13.6. The Morgan fingerprint density at radius 2 is 1.79 bits per heavy atom. The number of allylic oxidation sites excluding steroid dienone is 1. The van der Waals surface area contributed by atoms with Gasteiger partial charge in [-0.25, -0.2) is 4.79 Å². The van der Waals surface area contributed by atoms with E-state index in [4.69, 9.17) is 10.8 Å². The van der Waals surface area contributed by atoms with Crippen molar-refractivity contribution in [3.8, 4) is 0 Å². The van der Waals surface area contributed by atoms with Crippen LogP contribution in [0.25, 0.3) is 0 Å². The summed E-state index contributed by atoms with van der Waals surface area (Å²) in [6, 6.07) is 14.1. The number of carboxylic acids is 1. The van der Waals surface area contributed by atoms with E-state index in [-0.39, 0.29) is 24.5 Å². The van der Waals surface area contributed by atoms with Crippen LogP contribution in [-0.4, -0.2) is 47.0 Å². The van der Waals surface area contributed by atoms with Crippen molar-refractivity contribution in [1.29, 1.82) is 0 Å². The highest BCUT2D eigenvalue weighted by Crippen LogP contribution is 2.28. The highest BCUT2D eigenvalue weighted by Gasteiger charge is 2.40. The summed E-state index contributed by atoms with van der Waals surface area (Å²) in [5.74, 6) is -2.24. The number of halogens is 3. The molecule has 174 valence electrons. The van der Waals surface area contributed by atoms with Crippen LogP contribution in [0, 0.1) is 0 Å². The first kappa shape index (κ1) is 23.8. The predicted molar refractivity (Wildman–Crippen MR) is 116 cm³/mol. The van der Waals surface area contributed by atoms with Gasteiger partial charge in [-0.2, -0.15) is 13.2 Å². The summed E-state index contributed by atoms with van der Waals surface area (Å²) in [6.45, 7) is 2.43. The van der Waals surface area contributed by atoms with Gasteiger partial charge in [0.2, 0.25) is 0 Å². The summed E-state index contributed by atoms with van der Waals surface area (Å²) in [6.07, 6.45) is -4.93. The predicted octanol–water partition coefficient (Wildman–Crippen LogP) is 3.25. The lowest BCUT2D eigenvalue weighted by atomic mass is 10.0. The molecule has 0 saturated carbocycles. The van der Waals surface area contributed by atoms with E-state index in [9.17, 15) is 22.8 Å². The van der Waals surface area contributed by atoms with Crippen LogP contribution in [0.15, 0.2) is 70.9 Å². The van der Waals surface area contributed by atoms with Gasteiger partial charge in [-0.1, -0.05) is 42.5 Å². The second-order valence-electron chi connectivity index (χ2n) is 7.52. The van der Waals surface area contributed by atoms with Gasteiger partial charge < -0.3 is 21.1 Å². The lowest BCUT2D eigenvalue weighted by Crippen LogP contribution is -2.40. The fourth-order valence-electron chi connectivity index (χ4n) is 3.43. The Balaban J connectivity index is 1.88. The lowest BCUT2D eigenvalue weighted by Gasteiger charge is -2.25. The molecule has 1 atom stereocenters. The van der Waals surface area contributed by atoms with Gasteiger partial charge in [-0.15, -0.1) is 0 Å². The van der Waals surface area contributed by atoms with Crippen LogP contribution in [0.4, 0.5) is 13.2 Å². The van der Waals surface area contributed by atoms with E-state index in [1.807, 2.05) is 30.3 Å². The highest BCUT2D eigenvalue weighted by atomic mass is 19.4. The van der Waals surface area contributed by atoms with Gasteiger partial charge in [0.05, 0.1) is 18.2 Å². The molecule has 0 bridgehead atoms. The van der Waals surface area contributed by atoms with Crippen molar-refractivity contribution in [3.05, 3.63) is 82.6 Å². The van der Waals surface area contributed by atoms with Gasteiger partial charge in [-0.3, -0.25) is 9.79 Å². The molecule has 1 amide bonds. The molecule has 3 rings (SSSR count). The summed E-state index contributed by atoms with van der Waals surface area (Å²) in [7, 11) is 0. The van der Waals surface area contributed by atoms with E-state index in [0.717, 1.165) is 5.56 Å². The number of rotatable bonds is 7. The van der Waals surface area contributed by atoms with Crippen LogP contribution >= 0.6 is 0 Å². The fraction of sp³-hybridized carbons (Fsp3) is 0.261. The molecule has 0 aliphatic carbocycles. The van der Waals surface area contributed by atoms with Crippen molar-refractivity contribution in [1.82, 2.24) is 10.2 Å². The molecule has 0 aromatic heterocycles. The molecule has 4 N–H and O–H groups in total. The monoisotopic (exact) mass is 460 g/mol. The fourth-order valence-corrected chi connectivity index (χ4v) is 3.43. The number of alkyl halides is 3. The lowest BCUT2D eigenvalue weighted by molar-refractivity contribution is -0.119. The number of amides is 1. The first-order chi connectivity index (χ1) is 15.6. The SMILES string of the molecule is CC(NC(=O)C(C1=NCCN1Cc1ccccc1)=C(N)C(F)(F)F)c1ccc(C(=O)O)cc1. The Labute approximate surface area is 188 Å². The topological polar surface area (TPSA) is 108 Å². The number of carbonyl (C=O) groups excluding carboxylic acids is 1. The van der Waals surface area contributed by atoms with Crippen molar-refractivity contribution < 1.29 is 27.9 Å². The normalized spacial score (nSPS) is 15.5. The molecule has 1 aliphatic rings. The van der Waals surface area contributed by atoms with Crippen LogP contribution in [0.5, 0.6) is 0 Å². The minimum absolute atomic E-state index is 0.0519. The van der Waals surface area contributed by atoms with Crippen LogP contribution < -0.4 is 11.1 Å². The van der Waals surface area contributed by atoms with Crippen LogP contribution in [0.2, 0.25) is 0 Å². The standard InChI is InChI=1S/C23H23F3N4O3/c1-14(16-7-9-17(10-8-16)22(32)33)29-21(31)18(19(27)23(24,25)26)20-28-11-12-30(20)13-15-5-3-2-4-6-15/h2-10,14H,11-13,27H2,1H3,(H,29,31)(H,32,33). The van der Waals surface area contributed by atoms with Crippen molar-refractivity contribution in [2.24, 2.45) is 10.7 Å². The number of hydrogen-bond donors (Lipinski definition) is 3. The second-order valence-corrected chi connectivity index (χ2v) is 7.52. The highest BCUT2D eigenvalue weighted by molar-refractivity contribution is 6.21. The third kappa shape index (κ3) is 5.71. The van der Waals surface area contributed by atoms with Crippen LogP contribution in [-0.2, 0) is 11.3 Å². The van der Waals surface area contributed by atoms with Gasteiger partial charge in [0.25, 0.3) is 5.91 Å². The van der Waals surface area contributed by atoms with Gasteiger partial charge in [0.1, 0.15) is 17.1 Å². The summed E-state index contributed by atoms with van der Waals surface area (Å²) in [4.78, 5) is 29.8. The first-order valence-corrected chi connectivity index (χ1v) is 10.1. The third-order valence-corrected chi connectivity index (χ3v) is 5.18. The summed E-state index contributed by atoms with van der Waals surface area (Å²) < 4.78 is 40.7. The molecule has 1 heterocycles. The Morgan fingerprint density at radius 3 is 2.36 bits per heavy atom. The smallest absolute Gasteiger partial charge is 0.431 e. The number of nitrogens with two attached hydrogens (primary N) is 1. The van der Waals surface area contributed by atoms with Crippen molar-refractivity contribution >= 4 is 17.7 Å². The van der Waals surface area contributed by atoms with E-state index in [0.29, 0.717) is 12.1 Å². The number of carboxylic acid groups (broad SMARTS) is 1. The maximum Gasteiger partial charge on any atom is 0.431 e. The average molecular weight is 460 g/mol. The Bertz CT molecular complexity index is 1080. The number of benzene rings is 2. The number of aromatic carboxylic acids is 1. The van der Waals surface area contributed by atoms with Gasteiger partial charge in [-0.05, 0) is 30.2 Å². The van der Waals surface area contributed by atoms with Crippen LogP contribution in [0.1, 0.15) is 34.5 Å². The van der Waals surface area contributed by atoms with E-state index in [1.165, 1.54) is 24.3 Å². The summed E-state index contributed by atoms with van der Waals surface area (Å²) in [5, 5.41) is 11.5. The van der Waals surface area contributed by atoms with Crippen molar-refractivity contribution in [3.63, 3.8) is 0 Å². The van der Waals surface area contributed by atoms with Crippen molar-refractivity contribution in [2.75, 3.05) is 13.1 Å². The number of hydrogen-bond acceptors (Lipinski definition) is 5. The van der Waals surface area contributed by atoms with Crippen molar-refractivity contribution in [2.45, 2.75) is 25.7 Å². The molecule has 2 aromatic rings.